The second-order valence-electron chi connectivity index (χ2n) is 7.44. The van der Waals surface area contributed by atoms with Crippen LogP contribution in [-0.4, -0.2) is 13.2 Å². The van der Waals surface area contributed by atoms with Gasteiger partial charge in [-0.15, -0.1) is 0 Å². The summed E-state index contributed by atoms with van der Waals surface area (Å²) in [6.07, 6.45) is 8.01. The summed E-state index contributed by atoms with van der Waals surface area (Å²) in [6.45, 7) is 3.47. The van der Waals surface area contributed by atoms with Crippen LogP contribution in [0.5, 0.6) is 11.5 Å². The summed E-state index contributed by atoms with van der Waals surface area (Å²) >= 11 is 3.71. The molecule has 0 saturated heterocycles. The number of halogens is 1. The molecule has 0 aromatic heterocycles. The average molecular weight is 432 g/mol. The molecule has 0 spiro atoms. The first-order valence-corrected chi connectivity index (χ1v) is 10.7. The minimum absolute atomic E-state index is 0.531. The molecule has 2 aromatic rings. The number of hydrogen-bond acceptors (Lipinski definition) is 3. The van der Waals surface area contributed by atoms with E-state index in [2.05, 4.69) is 58.5 Å². The molecule has 146 valence electrons. The second-order valence-corrected chi connectivity index (χ2v) is 8.29. The number of benzene rings is 2. The third-order valence-electron chi connectivity index (χ3n) is 5.28. The average Bonchev–Trinajstić information content (AvgIpc) is 2.95. The normalized spacial score (nSPS) is 15.4. The summed E-state index contributed by atoms with van der Waals surface area (Å²) < 4.78 is 12.7. The van der Waals surface area contributed by atoms with Gasteiger partial charge in [0.15, 0.2) is 11.5 Å². The Morgan fingerprint density at radius 1 is 1.00 bits per heavy atom. The summed E-state index contributed by atoms with van der Waals surface area (Å²) in [7, 11) is 1.70. The van der Waals surface area contributed by atoms with Gasteiger partial charge in [-0.1, -0.05) is 71.4 Å². The van der Waals surface area contributed by atoms with Crippen molar-refractivity contribution in [2.45, 2.75) is 64.6 Å². The van der Waals surface area contributed by atoms with Gasteiger partial charge in [0.05, 0.1) is 7.11 Å². The molecule has 0 heterocycles. The molecule has 1 fully saturated rings. The van der Waals surface area contributed by atoms with Crippen LogP contribution in [0.1, 0.15) is 55.2 Å². The van der Waals surface area contributed by atoms with E-state index in [1.165, 1.54) is 49.7 Å². The van der Waals surface area contributed by atoms with Crippen molar-refractivity contribution in [3.63, 3.8) is 0 Å². The zero-order valence-corrected chi connectivity index (χ0v) is 18.0. The molecule has 0 radical (unpaired) electrons. The first kappa shape index (κ1) is 20.2. The minimum atomic E-state index is 0.531. The highest BCUT2D eigenvalue weighted by Gasteiger charge is 2.14. The van der Waals surface area contributed by atoms with Gasteiger partial charge in [0.2, 0.25) is 0 Å². The molecule has 1 N–H and O–H groups in total. The van der Waals surface area contributed by atoms with Crippen molar-refractivity contribution in [2.75, 3.05) is 7.11 Å². The van der Waals surface area contributed by atoms with Crippen molar-refractivity contribution < 1.29 is 9.47 Å². The van der Waals surface area contributed by atoms with Crippen molar-refractivity contribution in [2.24, 2.45) is 0 Å². The monoisotopic (exact) mass is 431 g/mol. The molecule has 3 nitrogen and oxygen atoms in total. The van der Waals surface area contributed by atoms with Gasteiger partial charge in [-0.2, -0.15) is 0 Å². The fraction of sp³-hybridized carbons (Fsp3) is 0.478. The molecular formula is C23H30BrNO2. The molecule has 1 saturated carbocycles. The van der Waals surface area contributed by atoms with Crippen molar-refractivity contribution >= 4 is 15.9 Å². The lowest BCUT2D eigenvalue weighted by molar-refractivity contribution is 0.284. The molecule has 1 aliphatic rings. The van der Waals surface area contributed by atoms with E-state index in [0.717, 1.165) is 28.1 Å². The van der Waals surface area contributed by atoms with Crippen LogP contribution in [0.15, 0.2) is 40.9 Å². The number of nitrogens with one attached hydrogen (secondary N) is 1. The maximum absolute atomic E-state index is 6.03. The van der Waals surface area contributed by atoms with Crippen LogP contribution in [-0.2, 0) is 13.2 Å². The predicted molar refractivity (Wildman–Crippen MR) is 115 cm³/mol. The molecule has 4 heteroatoms. The van der Waals surface area contributed by atoms with E-state index in [0.29, 0.717) is 12.6 Å². The molecule has 0 aliphatic heterocycles. The van der Waals surface area contributed by atoms with E-state index in [-0.39, 0.29) is 0 Å². The Hall–Kier alpha value is -1.52. The third kappa shape index (κ3) is 5.98. The Balaban J connectivity index is 1.63. The molecule has 0 bridgehead atoms. The van der Waals surface area contributed by atoms with Gasteiger partial charge in [-0.05, 0) is 43.0 Å². The zero-order chi connectivity index (χ0) is 19.1. The SMILES string of the molecule is COc1cc(CNC2CCCCCC2)c(Br)cc1OCc1ccc(C)cc1. The van der Waals surface area contributed by atoms with E-state index in [1.54, 1.807) is 7.11 Å². The van der Waals surface area contributed by atoms with Gasteiger partial charge in [0, 0.05) is 17.1 Å². The van der Waals surface area contributed by atoms with Crippen molar-refractivity contribution in [1.82, 2.24) is 5.32 Å². The quantitative estimate of drug-likeness (QED) is 0.532. The Bertz CT molecular complexity index is 722. The van der Waals surface area contributed by atoms with Crippen molar-refractivity contribution in [1.29, 1.82) is 0 Å². The van der Waals surface area contributed by atoms with E-state index in [1.807, 2.05) is 6.07 Å². The van der Waals surface area contributed by atoms with E-state index in [4.69, 9.17) is 9.47 Å². The van der Waals surface area contributed by atoms with Gasteiger partial charge in [0.25, 0.3) is 0 Å². The number of aryl methyl sites for hydroxylation is 1. The smallest absolute Gasteiger partial charge is 0.162 e. The second kappa shape index (κ2) is 10.1. The first-order valence-electron chi connectivity index (χ1n) is 9.94. The standard InChI is InChI=1S/C23H30BrNO2/c1-17-9-11-18(12-10-17)16-27-23-14-21(24)19(13-22(23)26-2)15-25-20-7-5-3-4-6-8-20/h9-14,20,25H,3-8,15-16H2,1-2H3. The molecule has 1 aliphatic carbocycles. The fourth-order valence-corrected chi connectivity index (χ4v) is 4.03. The lowest BCUT2D eigenvalue weighted by Gasteiger charge is -2.18. The largest absolute Gasteiger partial charge is 0.493 e. The van der Waals surface area contributed by atoms with E-state index >= 15 is 0 Å². The lowest BCUT2D eigenvalue weighted by Crippen LogP contribution is -2.28. The molecule has 3 rings (SSSR count). The number of methoxy groups -OCH3 is 1. The van der Waals surface area contributed by atoms with Gasteiger partial charge < -0.3 is 14.8 Å². The zero-order valence-electron chi connectivity index (χ0n) is 16.4. The first-order chi connectivity index (χ1) is 13.2. The molecule has 0 atom stereocenters. The summed E-state index contributed by atoms with van der Waals surface area (Å²) in [4.78, 5) is 0. The third-order valence-corrected chi connectivity index (χ3v) is 6.02. The van der Waals surface area contributed by atoms with Crippen LogP contribution in [0.3, 0.4) is 0 Å². The Labute approximate surface area is 171 Å². The van der Waals surface area contributed by atoms with Gasteiger partial charge >= 0.3 is 0 Å². The molecule has 0 amide bonds. The molecule has 0 unspecified atom stereocenters. The number of ether oxygens (including phenoxy) is 2. The van der Waals surface area contributed by atoms with Gasteiger partial charge in [-0.25, -0.2) is 0 Å². The summed E-state index contributed by atoms with van der Waals surface area (Å²) in [6, 6.07) is 13.1. The maximum Gasteiger partial charge on any atom is 0.162 e. The summed E-state index contributed by atoms with van der Waals surface area (Å²) in [5.74, 6) is 1.55. The number of rotatable bonds is 7. The lowest BCUT2D eigenvalue weighted by atomic mass is 10.1. The Morgan fingerprint density at radius 2 is 1.70 bits per heavy atom. The fourth-order valence-electron chi connectivity index (χ4n) is 3.57. The summed E-state index contributed by atoms with van der Waals surface area (Å²) in [5.41, 5.74) is 3.61. The van der Waals surface area contributed by atoms with Crippen LogP contribution in [0.25, 0.3) is 0 Å². The molecule has 2 aromatic carbocycles. The van der Waals surface area contributed by atoms with Crippen LogP contribution in [0.4, 0.5) is 0 Å². The Kier molecular flexibility index (Phi) is 7.59. The van der Waals surface area contributed by atoms with Crippen molar-refractivity contribution in [3.05, 3.63) is 57.6 Å². The van der Waals surface area contributed by atoms with Gasteiger partial charge in [-0.3, -0.25) is 0 Å². The minimum Gasteiger partial charge on any atom is -0.493 e. The number of hydrogen-bond donors (Lipinski definition) is 1. The van der Waals surface area contributed by atoms with Gasteiger partial charge in [0.1, 0.15) is 6.61 Å². The highest BCUT2D eigenvalue weighted by atomic mass is 79.9. The van der Waals surface area contributed by atoms with Crippen LogP contribution in [0.2, 0.25) is 0 Å². The van der Waals surface area contributed by atoms with Crippen LogP contribution < -0.4 is 14.8 Å². The molecular weight excluding hydrogens is 402 g/mol. The highest BCUT2D eigenvalue weighted by Crippen LogP contribution is 2.34. The maximum atomic E-state index is 6.03. The van der Waals surface area contributed by atoms with Crippen LogP contribution in [0, 0.1) is 6.92 Å². The van der Waals surface area contributed by atoms with Crippen molar-refractivity contribution in [3.8, 4) is 11.5 Å². The molecule has 27 heavy (non-hydrogen) atoms. The van der Waals surface area contributed by atoms with E-state index < -0.39 is 0 Å². The summed E-state index contributed by atoms with van der Waals surface area (Å²) in [5, 5.41) is 3.73. The highest BCUT2D eigenvalue weighted by molar-refractivity contribution is 9.10. The Morgan fingerprint density at radius 3 is 2.37 bits per heavy atom. The predicted octanol–water partition coefficient (Wildman–Crippen LogP) is 6.16. The van der Waals surface area contributed by atoms with E-state index in [9.17, 15) is 0 Å². The van der Waals surface area contributed by atoms with Crippen LogP contribution >= 0.6 is 15.9 Å². The topological polar surface area (TPSA) is 30.5 Å².